The number of aliphatic carboxylic acids is 1. The molecule has 0 aliphatic heterocycles. The number of carbonyl (C=O) groups is 1. The van der Waals surface area contributed by atoms with Crippen LogP contribution in [0.5, 0.6) is 0 Å². The van der Waals surface area contributed by atoms with Crippen LogP contribution < -0.4 is 0 Å². The van der Waals surface area contributed by atoms with Gasteiger partial charge in [0.15, 0.2) is 0 Å². The molecule has 0 radical (unpaired) electrons. The molecule has 0 bridgehead atoms. The van der Waals surface area contributed by atoms with E-state index < -0.39 is 11.4 Å². The van der Waals surface area contributed by atoms with Crippen molar-refractivity contribution in [3.05, 3.63) is 24.4 Å². The first-order valence-corrected chi connectivity index (χ1v) is 6.78. The SMILES string of the molecule is CC(C)(CCCCSc1ccccn1)C(=O)O. The van der Waals surface area contributed by atoms with E-state index in [4.69, 9.17) is 5.11 Å². The van der Waals surface area contributed by atoms with Gasteiger partial charge in [-0.1, -0.05) is 12.5 Å². The van der Waals surface area contributed by atoms with Crippen LogP contribution in [0.4, 0.5) is 0 Å². The summed E-state index contributed by atoms with van der Waals surface area (Å²) in [6, 6.07) is 5.87. The van der Waals surface area contributed by atoms with Crippen molar-refractivity contribution in [3.63, 3.8) is 0 Å². The summed E-state index contributed by atoms with van der Waals surface area (Å²) in [6.07, 6.45) is 4.48. The molecule has 0 spiro atoms. The zero-order chi connectivity index (χ0) is 12.7. The van der Waals surface area contributed by atoms with Crippen LogP contribution in [-0.4, -0.2) is 21.8 Å². The van der Waals surface area contributed by atoms with Gasteiger partial charge in [-0.15, -0.1) is 11.8 Å². The Hall–Kier alpha value is -1.03. The summed E-state index contributed by atoms with van der Waals surface area (Å²) in [5.41, 5.74) is -0.602. The average molecular weight is 253 g/mol. The van der Waals surface area contributed by atoms with Gasteiger partial charge >= 0.3 is 5.97 Å². The Morgan fingerprint density at radius 3 is 2.76 bits per heavy atom. The quantitative estimate of drug-likeness (QED) is 0.597. The fourth-order valence-corrected chi connectivity index (χ4v) is 2.25. The third-order valence-electron chi connectivity index (χ3n) is 2.66. The largest absolute Gasteiger partial charge is 0.481 e. The third kappa shape index (κ3) is 5.22. The van der Waals surface area contributed by atoms with E-state index in [-0.39, 0.29) is 0 Å². The minimum absolute atomic E-state index is 0.602. The van der Waals surface area contributed by atoms with Gasteiger partial charge in [-0.05, 0) is 44.6 Å². The van der Waals surface area contributed by atoms with E-state index in [1.807, 2.05) is 18.2 Å². The first kappa shape index (κ1) is 14.0. The highest BCUT2D eigenvalue weighted by molar-refractivity contribution is 7.99. The Morgan fingerprint density at radius 2 is 2.18 bits per heavy atom. The van der Waals surface area contributed by atoms with Gasteiger partial charge in [-0.2, -0.15) is 0 Å². The van der Waals surface area contributed by atoms with Gasteiger partial charge < -0.3 is 5.11 Å². The molecule has 4 heteroatoms. The molecule has 0 amide bonds. The first-order chi connectivity index (χ1) is 8.02. The lowest BCUT2D eigenvalue weighted by Gasteiger charge is -2.18. The van der Waals surface area contributed by atoms with E-state index in [9.17, 15) is 4.79 Å². The molecular weight excluding hydrogens is 234 g/mol. The molecule has 0 aromatic carbocycles. The zero-order valence-corrected chi connectivity index (χ0v) is 11.2. The number of hydrogen-bond acceptors (Lipinski definition) is 3. The fourth-order valence-electron chi connectivity index (χ4n) is 1.39. The van der Waals surface area contributed by atoms with Crippen LogP contribution >= 0.6 is 11.8 Å². The smallest absolute Gasteiger partial charge is 0.309 e. The maximum atomic E-state index is 10.9. The first-order valence-electron chi connectivity index (χ1n) is 5.79. The van der Waals surface area contributed by atoms with Gasteiger partial charge in [0.1, 0.15) is 0 Å². The summed E-state index contributed by atoms with van der Waals surface area (Å²) in [4.78, 5) is 15.1. The van der Waals surface area contributed by atoms with Gasteiger partial charge in [0.05, 0.1) is 10.4 Å². The van der Waals surface area contributed by atoms with Crippen LogP contribution in [-0.2, 0) is 4.79 Å². The van der Waals surface area contributed by atoms with Crippen molar-refractivity contribution in [1.29, 1.82) is 0 Å². The van der Waals surface area contributed by atoms with Crippen molar-refractivity contribution in [2.24, 2.45) is 5.41 Å². The van der Waals surface area contributed by atoms with Gasteiger partial charge in [-0.25, -0.2) is 4.98 Å². The topological polar surface area (TPSA) is 50.2 Å². The summed E-state index contributed by atoms with van der Waals surface area (Å²) in [7, 11) is 0. The van der Waals surface area contributed by atoms with Gasteiger partial charge in [0.25, 0.3) is 0 Å². The Bertz CT molecular complexity index is 352. The number of unbranched alkanes of at least 4 members (excludes halogenated alkanes) is 1. The van der Waals surface area contributed by atoms with Crippen molar-refractivity contribution in [3.8, 4) is 0 Å². The summed E-state index contributed by atoms with van der Waals surface area (Å²) in [5.74, 6) is 0.280. The lowest BCUT2D eigenvalue weighted by atomic mass is 9.88. The molecule has 1 heterocycles. The van der Waals surface area contributed by atoms with E-state index in [0.29, 0.717) is 0 Å². The Labute approximate surface area is 107 Å². The molecule has 0 unspecified atom stereocenters. The molecule has 0 atom stereocenters. The molecule has 0 aliphatic rings. The van der Waals surface area contributed by atoms with E-state index >= 15 is 0 Å². The van der Waals surface area contributed by atoms with Crippen molar-refractivity contribution in [2.75, 3.05) is 5.75 Å². The minimum Gasteiger partial charge on any atom is -0.481 e. The molecular formula is C13H19NO2S. The Morgan fingerprint density at radius 1 is 1.41 bits per heavy atom. The highest BCUT2D eigenvalue weighted by atomic mass is 32.2. The number of thioether (sulfide) groups is 1. The molecule has 0 saturated heterocycles. The van der Waals surface area contributed by atoms with Crippen LogP contribution in [0.25, 0.3) is 0 Å². The molecule has 0 fully saturated rings. The fraction of sp³-hybridized carbons (Fsp3) is 0.538. The number of aromatic nitrogens is 1. The van der Waals surface area contributed by atoms with Crippen LogP contribution in [0.1, 0.15) is 33.1 Å². The molecule has 1 rings (SSSR count). The number of carboxylic acids is 1. The highest BCUT2D eigenvalue weighted by Crippen LogP contribution is 2.24. The van der Waals surface area contributed by atoms with Crippen LogP contribution in [0.2, 0.25) is 0 Å². The predicted octanol–water partition coefficient (Wildman–Crippen LogP) is 3.45. The normalized spacial score (nSPS) is 11.4. The second kappa shape index (κ2) is 6.64. The third-order valence-corrected chi connectivity index (χ3v) is 3.69. The van der Waals surface area contributed by atoms with Gasteiger partial charge in [-0.3, -0.25) is 4.79 Å². The van der Waals surface area contributed by atoms with Crippen LogP contribution in [0, 0.1) is 5.41 Å². The van der Waals surface area contributed by atoms with Crippen LogP contribution in [0.3, 0.4) is 0 Å². The van der Waals surface area contributed by atoms with E-state index in [0.717, 1.165) is 30.0 Å². The number of carboxylic acid groups (broad SMARTS) is 1. The standard InChI is InChI=1S/C13H19NO2S/c1-13(2,12(15)16)8-4-6-10-17-11-7-3-5-9-14-11/h3,5,7,9H,4,6,8,10H2,1-2H3,(H,15,16). The molecule has 1 aromatic heterocycles. The van der Waals surface area contributed by atoms with E-state index in [1.165, 1.54) is 0 Å². The summed E-state index contributed by atoms with van der Waals surface area (Å²) in [5, 5.41) is 9.99. The number of rotatable bonds is 7. The molecule has 0 aliphatic carbocycles. The number of nitrogens with zero attached hydrogens (tertiary/aromatic N) is 1. The summed E-state index contributed by atoms with van der Waals surface area (Å²) >= 11 is 1.72. The molecule has 1 N–H and O–H groups in total. The van der Waals surface area contributed by atoms with Gasteiger partial charge in [0.2, 0.25) is 0 Å². The highest BCUT2D eigenvalue weighted by Gasteiger charge is 2.25. The van der Waals surface area contributed by atoms with E-state index in [1.54, 1.807) is 31.8 Å². The monoisotopic (exact) mass is 253 g/mol. The molecule has 17 heavy (non-hydrogen) atoms. The van der Waals surface area contributed by atoms with Crippen molar-refractivity contribution in [1.82, 2.24) is 4.98 Å². The molecule has 0 saturated carbocycles. The lowest BCUT2D eigenvalue weighted by Crippen LogP contribution is -2.23. The second-order valence-corrected chi connectivity index (χ2v) is 5.78. The Kier molecular flexibility index (Phi) is 5.48. The number of pyridine rings is 1. The number of hydrogen-bond donors (Lipinski definition) is 1. The second-order valence-electron chi connectivity index (χ2n) is 4.66. The average Bonchev–Trinajstić information content (AvgIpc) is 2.29. The maximum absolute atomic E-state index is 10.9. The van der Waals surface area contributed by atoms with E-state index in [2.05, 4.69) is 4.98 Å². The maximum Gasteiger partial charge on any atom is 0.309 e. The summed E-state index contributed by atoms with van der Waals surface area (Å²) < 4.78 is 0. The summed E-state index contributed by atoms with van der Waals surface area (Å²) in [6.45, 7) is 3.56. The molecule has 3 nitrogen and oxygen atoms in total. The molecule has 94 valence electrons. The van der Waals surface area contributed by atoms with Crippen molar-refractivity contribution in [2.45, 2.75) is 38.1 Å². The minimum atomic E-state index is -0.713. The van der Waals surface area contributed by atoms with Crippen molar-refractivity contribution < 1.29 is 9.90 Å². The zero-order valence-electron chi connectivity index (χ0n) is 10.3. The van der Waals surface area contributed by atoms with Gasteiger partial charge in [0, 0.05) is 6.20 Å². The van der Waals surface area contributed by atoms with Crippen molar-refractivity contribution >= 4 is 17.7 Å². The molecule has 1 aromatic rings. The Balaban J connectivity index is 2.15. The lowest BCUT2D eigenvalue weighted by molar-refractivity contribution is -0.147. The van der Waals surface area contributed by atoms with Crippen LogP contribution in [0.15, 0.2) is 29.4 Å². The predicted molar refractivity (Wildman–Crippen MR) is 70.2 cm³/mol.